The van der Waals surface area contributed by atoms with Gasteiger partial charge in [0.2, 0.25) is 0 Å². The third-order valence-electron chi connectivity index (χ3n) is 2.43. The highest BCUT2D eigenvalue weighted by molar-refractivity contribution is 5.97. The maximum Gasteiger partial charge on any atom is 0.385 e. The summed E-state index contributed by atoms with van der Waals surface area (Å²) in [6.07, 6.45) is -5.50. The summed E-state index contributed by atoms with van der Waals surface area (Å²) < 4.78 is 0. The first-order valence-corrected chi connectivity index (χ1v) is 6.84. The van der Waals surface area contributed by atoms with Crippen LogP contribution >= 0.6 is 0 Å². The van der Waals surface area contributed by atoms with E-state index in [0.29, 0.717) is 0 Å². The Labute approximate surface area is 141 Å². The van der Waals surface area contributed by atoms with E-state index in [0.717, 1.165) is 6.92 Å². The van der Waals surface area contributed by atoms with E-state index in [1.165, 1.54) is 6.92 Å². The van der Waals surface area contributed by atoms with Gasteiger partial charge in [-0.25, -0.2) is 38.7 Å². The normalized spacial score (nSPS) is 14.7. The van der Waals surface area contributed by atoms with Gasteiger partial charge in [0.1, 0.15) is 12.2 Å². The van der Waals surface area contributed by atoms with Crippen molar-refractivity contribution in [2.75, 3.05) is 6.61 Å². The van der Waals surface area contributed by atoms with Crippen LogP contribution in [0.5, 0.6) is 0 Å². The molecule has 0 saturated heterocycles. The molecule has 0 amide bonds. The van der Waals surface area contributed by atoms with Gasteiger partial charge in [-0.15, -0.1) is 0 Å². The van der Waals surface area contributed by atoms with Crippen LogP contribution in [0.3, 0.4) is 0 Å². The molecule has 3 atom stereocenters. The van der Waals surface area contributed by atoms with Gasteiger partial charge in [-0.05, 0) is 6.92 Å². The fraction of sp³-hybridized carbons (Fsp3) is 0.538. The topological polar surface area (TPSA) is 186 Å². The Morgan fingerprint density at radius 2 is 1.60 bits per heavy atom. The number of carbonyl (C=O) groups is 4. The quantitative estimate of drug-likeness (QED) is 0.210. The van der Waals surface area contributed by atoms with Crippen LogP contribution in [0.2, 0.25) is 0 Å². The van der Waals surface area contributed by atoms with Gasteiger partial charge in [-0.2, -0.15) is 0 Å². The molecular weight excluding hydrogens is 348 g/mol. The van der Waals surface area contributed by atoms with Crippen molar-refractivity contribution in [3.63, 3.8) is 0 Å². The summed E-state index contributed by atoms with van der Waals surface area (Å²) in [5.74, 6) is -5.33. The predicted octanol–water partition coefficient (Wildman–Crippen LogP) is -2.58. The molecule has 12 nitrogen and oxygen atoms in total. The highest BCUT2D eigenvalue weighted by Gasteiger charge is 2.30. The first kappa shape index (κ1) is 22.5. The number of hydrogen-bond acceptors (Lipinski definition) is 12. The van der Waals surface area contributed by atoms with E-state index in [1.807, 2.05) is 0 Å². The zero-order chi connectivity index (χ0) is 19.6. The van der Waals surface area contributed by atoms with Crippen LogP contribution in [0.25, 0.3) is 0 Å². The Balaban J connectivity index is 5.16. The summed E-state index contributed by atoms with van der Waals surface area (Å²) in [6.45, 7) is 1.43. The van der Waals surface area contributed by atoms with Gasteiger partial charge in [0.05, 0.1) is 12.2 Å². The lowest BCUT2D eigenvalue weighted by molar-refractivity contribution is -0.260. The van der Waals surface area contributed by atoms with Crippen LogP contribution in [-0.4, -0.2) is 69.2 Å². The van der Waals surface area contributed by atoms with Gasteiger partial charge < -0.3 is 20.4 Å². The highest BCUT2D eigenvalue weighted by atomic mass is 17.2. The molecule has 0 bridgehead atoms. The minimum atomic E-state index is -2.13. The molecule has 0 aromatic carbocycles. The smallest absolute Gasteiger partial charge is 0.385 e. The first-order chi connectivity index (χ1) is 11.6. The summed E-state index contributed by atoms with van der Waals surface area (Å²) in [7, 11) is 0. The molecule has 4 N–H and O–H groups in total. The summed E-state index contributed by atoms with van der Waals surface area (Å²) >= 11 is 0. The first-order valence-electron chi connectivity index (χ1n) is 6.84. The number of hydrogen-bond donors (Lipinski definition) is 4. The molecule has 0 aliphatic heterocycles. The summed E-state index contributed by atoms with van der Waals surface area (Å²) in [6, 6.07) is 0. The van der Waals surface area contributed by atoms with Crippen molar-refractivity contribution < 1.29 is 59.2 Å². The molecule has 3 unspecified atom stereocenters. The average Bonchev–Trinajstić information content (AvgIpc) is 2.59. The molecule has 0 fully saturated rings. The van der Waals surface area contributed by atoms with E-state index in [9.17, 15) is 29.4 Å². The molecule has 25 heavy (non-hydrogen) atoms. The molecule has 0 aromatic heterocycles. The van der Waals surface area contributed by atoms with Crippen LogP contribution in [0.4, 0.5) is 0 Å². The second-order valence-corrected chi connectivity index (χ2v) is 4.45. The lowest BCUT2D eigenvalue weighted by Crippen LogP contribution is -2.35. The molecule has 0 spiro atoms. The highest BCUT2D eigenvalue weighted by Crippen LogP contribution is 2.11. The lowest BCUT2D eigenvalue weighted by atomic mass is 10.0. The van der Waals surface area contributed by atoms with Crippen molar-refractivity contribution in [1.82, 2.24) is 0 Å². The van der Waals surface area contributed by atoms with E-state index >= 15 is 0 Å². The second kappa shape index (κ2) is 11.1. The molecule has 142 valence electrons. The van der Waals surface area contributed by atoms with E-state index in [2.05, 4.69) is 19.6 Å². The summed E-state index contributed by atoms with van der Waals surface area (Å²) in [5, 5.41) is 36.7. The average molecular weight is 366 g/mol. The standard InChI is InChI=1S/C13H18O12/c1-3-9(17)22-25-13(21)7(11(19)8(16)5-14)4-10(18)23-24-12(20)6(2)15/h4,6,8,11,14-16,19H,3,5H2,1-2H3/b7-4-. The van der Waals surface area contributed by atoms with Crippen LogP contribution < -0.4 is 0 Å². The molecule has 0 aliphatic rings. The lowest BCUT2D eigenvalue weighted by Gasteiger charge is -2.17. The SMILES string of the molecule is CCC(=O)OOC(=O)/C(=C\C(=O)OOC(=O)C(C)O)C(O)C(O)CO. The van der Waals surface area contributed by atoms with Crippen molar-refractivity contribution in [3.05, 3.63) is 11.6 Å². The van der Waals surface area contributed by atoms with Crippen molar-refractivity contribution in [2.24, 2.45) is 0 Å². The number of aliphatic hydroxyl groups is 4. The molecule has 0 heterocycles. The van der Waals surface area contributed by atoms with Crippen molar-refractivity contribution in [2.45, 2.75) is 38.6 Å². The number of carbonyl (C=O) groups excluding carboxylic acids is 4. The zero-order valence-corrected chi connectivity index (χ0v) is 13.3. The predicted molar refractivity (Wildman–Crippen MR) is 73.5 cm³/mol. The molecule has 0 radical (unpaired) electrons. The van der Waals surface area contributed by atoms with Crippen LogP contribution in [0.15, 0.2) is 11.6 Å². The minimum absolute atomic E-state index is 0.147. The maximum absolute atomic E-state index is 11.7. The monoisotopic (exact) mass is 366 g/mol. The Hall–Kier alpha value is -2.54. The van der Waals surface area contributed by atoms with Gasteiger partial charge in [0.15, 0.2) is 6.10 Å². The number of aliphatic hydroxyl groups excluding tert-OH is 4. The van der Waals surface area contributed by atoms with Gasteiger partial charge >= 0.3 is 23.9 Å². The van der Waals surface area contributed by atoms with Crippen LogP contribution in [0.1, 0.15) is 20.3 Å². The van der Waals surface area contributed by atoms with E-state index in [1.54, 1.807) is 0 Å². The Bertz CT molecular complexity index is 523. The van der Waals surface area contributed by atoms with Gasteiger partial charge in [-0.3, -0.25) is 0 Å². The Kier molecular flexibility index (Phi) is 9.96. The van der Waals surface area contributed by atoms with Gasteiger partial charge in [0, 0.05) is 12.5 Å². The fourth-order valence-corrected chi connectivity index (χ4v) is 1.07. The Morgan fingerprint density at radius 3 is 2.08 bits per heavy atom. The van der Waals surface area contributed by atoms with Crippen LogP contribution in [0, 0.1) is 0 Å². The maximum atomic E-state index is 11.7. The van der Waals surface area contributed by atoms with E-state index in [4.69, 9.17) is 10.2 Å². The third-order valence-corrected chi connectivity index (χ3v) is 2.43. The molecular formula is C13H18O12. The van der Waals surface area contributed by atoms with Gasteiger partial charge in [0.25, 0.3) is 0 Å². The summed E-state index contributed by atoms with van der Waals surface area (Å²) in [4.78, 5) is 61.0. The van der Waals surface area contributed by atoms with Crippen LogP contribution in [-0.2, 0) is 38.7 Å². The summed E-state index contributed by atoms with van der Waals surface area (Å²) in [5.41, 5.74) is -0.969. The van der Waals surface area contributed by atoms with Crippen molar-refractivity contribution in [3.8, 4) is 0 Å². The zero-order valence-electron chi connectivity index (χ0n) is 13.3. The van der Waals surface area contributed by atoms with Crippen molar-refractivity contribution >= 4 is 23.9 Å². The molecule has 0 aromatic rings. The third kappa shape index (κ3) is 8.21. The van der Waals surface area contributed by atoms with Gasteiger partial charge in [-0.1, -0.05) is 6.92 Å². The molecule has 0 saturated carbocycles. The fourth-order valence-electron chi connectivity index (χ4n) is 1.07. The second-order valence-electron chi connectivity index (χ2n) is 4.45. The Morgan fingerprint density at radius 1 is 1.00 bits per heavy atom. The number of rotatable bonds is 7. The largest absolute Gasteiger partial charge is 0.394 e. The molecule has 0 aliphatic carbocycles. The molecule has 12 heteroatoms. The van der Waals surface area contributed by atoms with E-state index in [-0.39, 0.29) is 12.5 Å². The van der Waals surface area contributed by atoms with E-state index < -0.39 is 54.4 Å². The molecule has 0 rings (SSSR count). The minimum Gasteiger partial charge on any atom is -0.394 e. The van der Waals surface area contributed by atoms with Crippen molar-refractivity contribution in [1.29, 1.82) is 0 Å².